The third-order valence-electron chi connectivity index (χ3n) is 4.77. The molecule has 0 atom stereocenters. The molecule has 132 valence electrons. The van der Waals surface area contributed by atoms with Gasteiger partial charge in [0.1, 0.15) is 0 Å². The lowest BCUT2D eigenvalue weighted by Gasteiger charge is -2.19. The molecule has 4 rings (SSSR count). The molecule has 0 saturated heterocycles. The molecule has 0 unspecified atom stereocenters. The van der Waals surface area contributed by atoms with E-state index < -0.39 is 0 Å². The Morgan fingerprint density at radius 1 is 1.04 bits per heavy atom. The zero-order chi connectivity index (χ0) is 17.9. The highest BCUT2D eigenvalue weighted by Crippen LogP contribution is 2.18. The van der Waals surface area contributed by atoms with E-state index in [0.717, 1.165) is 48.7 Å². The number of anilines is 1. The molecule has 4 heterocycles. The van der Waals surface area contributed by atoms with Crippen LogP contribution in [0.1, 0.15) is 22.4 Å². The first kappa shape index (κ1) is 16.4. The van der Waals surface area contributed by atoms with Gasteiger partial charge in [0.25, 0.3) is 5.56 Å². The molecule has 0 radical (unpaired) electrons. The van der Waals surface area contributed by atoms with Crippen LogP contribution in [0.4, 0.5) is 5.95 Å². The topological polar surface area (TPSA) is 63.9 Å². The molecule has 26 heavy (non-hydrogen) atoms. The van der Waals surface area contributed by atoms with Gasteiger partial charge in [0.05, 0.1) is 6.54 Å². The van der Waals surface area contributed by atoms with Gasteiger partial charge in [-0.25, -0.2) is 9.97 Å². The second-order valence-electron chi connectivity index (χ2n) is 6.64. The average molecular weight is 347 g/mol. The third kappa shape index (κ3) is 3.35. The van der Waals surface area contributed by atoms with Gasteiger partial charge in [0.15, 0.2) is 0 Å². The van der Waals surface area contributed by atoms with Crippen molar-refractivity contribution in [1.82, 2.24) is 19.5 Å². The van der Waals surface area contributed by atoms with Gasteiger partial charge in [-0.2, -0.15) is 0 Å². The van der Waals surface area contributed by atoms with E-state index in [1.807, 2.05) is 48.3 Å². The number of pyridine rings is 2. The lowest BCUT2D eigenvalue weighted by molar-refractivity contribution is 0.686. The van der Waals surface area contributed by atoms with Crippen molar-refractivity contribution < 1.29 is 0 Å². The normalized spacial score (nSPS) is 14.0. The van der Waals surface area contributed by atoms with Crippen LogP contribution < -0.4 is 10.5 Å². The van der Waals surface area contributed by atoms with E-state index in [0.29, 0.717) is 6.54 Å². The molecular formula is C20H21N5O. The summed E-state index contributed by atoms with van der Waals surface area (Å²) in [4.78, 5) is 27.8. The van der Waals surface area contributed by atoms with Crippen molar-refractivity contribution in [3.05, 3.63) is 81.8 Å². The summed E-state index contributed by atoms with van der Waals surface area (Å²) in [6.07, 6.45) is 8.92. The van der Waals surface area contributed by atoms with Crippen LogP contribution in [0.15, 0.2) is 53.8 Å². The number of hydrogen-bond donors (Lipinski definition) is 0. The molecule has 1 aliphatic rings. The average Bonchev–Trinajstić information content (AvgIpc) is 2.88. The molecule has 0 bridgehead atoms. The zero-order valence-electron chi connectivity index (χ0n) is 14.8. The number of aryl methyl sites for hydroxylation is 1. The van der Waals surface area contributed by atoms with Crippen molar-refractivity contribution in [3.63, 3.8) is 0 Å². The van der Waals surface area contributed by atoms with Crippen molar-refractivity contribution in [2.24, 2.45) is 0 Å². The van der Waals surface area contributed by atoms with Crippen LogP contribution in [0, 0.1) is 6.92 Å². The number of fused-ring (bicyclic) bond motifs is 1. The number of hydrogen-bond acceptors (Lipinski definition) is 5. The predicted molar refractivity (Wildman–Crippen MR) is 100 cm³/mol. The summed E-state index contributed by atoms with van der Waals surface area (Å²) in [5.41, 5.74) is 4.45. The fraction of sp³-hybridized carbons (Fsp3) is 0.300. The van der Waals surface area contributed by atoms with Crippen molar-refractivity contribution >= 4 is 5.95 Å². The van der Waals surface area contributed by atoms with Crippen molar-refractivity contribution in [1.29, 1.82) is 0 Å². The third-order valence-corrected chi connectivity index (χ3v) is 4.77. The van der Waals surface area contributed by atoms with Crippen LogP contribution in [0.5, 0.6) is 0 Å². The number of nitrogens with zero attached hydrogens (tertiary/aromatic N) is 5. The van der Waals surface area contributed by atoms with E-state index >= 15 is 0 Å². The predicted octanol–water partition coefficient (Wildman–Crippen LogP) is 2.00. The molecule has 6 heteroatoms. The lowest BCUT2D eigenvalue weighted by Crippen LogP contribution is -2.28. The summed E-state index contributed by atoms with van der Waals surface area (Å²) in [5, 5.41) is 0. The molecule has 0 N–H and O–H groups in total. The minimum Gasteiger partial charge on any atom is -0.340 e. The fourth-order valence-corrected chi connectivity index (χ4v) is 3.39. The number of aromatic nitrogens is 4. The fourth-order valence-electron chi connectivity index (χ4n) is 3.39. The molecule has 0 spiro atoms. The smallest absolute Gasteiger partial charge is 0.251 e. The first-order valence-electron chi connectivity index (χ1n) is 8.85. The second-order valence-corrected chi connectivity index (χ2v) is 6.64. The maximum Gasteiger partial charge on any atom is 0.251 e. The molecule has 3 aromatic heterocycles. The first-order valence-corrected chi connectivity index (χ1v) is 8.85. The molecular weight excluding hydrogens is 326 g/mol. The van der Waals surface area contributed by atoms with Crippen molar-refractivity contribution in [2.75, 3.05) is 18.0 Å². The van der Waals surface area contributed by atoms with Gasteiger partial charge in [-0.1, -0.05) is 12.1 Å². The van der Waals surface area contributed by atoms with Crippen LogP contribution in [-0.2, 0) is 19.4 Å². The van der Waals surface area contributed by atoms with Crippen LogP contribution in [0.3, 0.4) is 0 Å². The van der Waals surface area contributed by atoms with E-state index in [1.165, 1.54) is 5.56 Å². The summed E-state index contributed by atoms with van der Waals surface area (Å²) >= 11 is 0. The Balaban J connectivity index is 1.63. The lowest BCUT2D eigenvalue weighted by atomic mass is 10.1. The van der Waals surface area contributed by atoms with Gasteiger partial charge < -0.3 is 9.47 Å². The Morgan fingerprint density at radius 2 is 1.85 bits per heavy atom. The molecule has 6 nitrogen and oxygen atoms in total. The Morgan fingerprint density at radius 3 is 2.62 bits per heavy atom. The Kier molecular flexibility index (Phi) is 4.48. The highest BCUT2D eigenvalue weighted by molar-refractivity contribution is 5.35. The van der Waals surface area contributed by atoms with Crippen molar-refractivity contribution in [3.8, 4) is 0 Å². The maximum absolute atomic E-state index is 12.5. The second kappa shape index (κ2) is 7.07. The standard InChI is InChI=1S/C20H21N5O/c1-15-11-22-20(23-12-15)24-9-6-17-4-5-19(26)25(18(17)7-10-24)14-16-3-2-8-21-13-16/h2-5,8,11-13H,6-7,9-10,14H2,1H3. The molecule has 0 fully saturated rings. The monoisotopic (exact) mass is 347 g/mol. The van der Waals surface area contributed by atoms with Gasteiger partial charge >= 0.3 is 0 Å². The summed E-state index contributed by atoms with van der Waals surface area (Å²) in [6, 6.07) is 7.55. The van der Waals surface area contributed by atoms with E-state index in [-0.39, 0.29) is 5.56 Å². The Hall–Kier alpha value is -3.02. The molecule has 0 amide bonds. The Bertz CT molecular complexity index is 950. The SMILES string of the molecule is Cc1cnc(N2CCc3ccc(=O)n(Cc4cccnc4)c3CC2)nc1. The molecule has 0 aromatic carbocycles. The summed E-state index contributed by atoms with van der Waals surface area (Å²) < 4.78 is 1.88. The van der Waals surface area contributed by atoms with Gasteiger partial charge in [-0.3, -0.25) is 9.78 Å². The van der Waals surface area contributed by atoms with Crippen LogP contribution in [0.25, 0.3) is 0 Å². The van der Waals surface area contributed by atoms with Crippen molar-refractivity contribution in [2.45, 2.75) is 26.3 Å². The van der Waals surface area contributed by atoms with E-state index in [2.05, 4.69) is 19.9 Å². The van der Waals surface area contributed by atoms with Gasteiger partial charge in [-0.15, -0.1) is 0 Å². The highest BCUT2D eigenvalue weighted by atomic mass is 16.1. The maximum atomic E-state index is 12.5. The van der Waals surface area contributed by atoms with Gasteiger partial charge in [0, 0.05) is 56.1 Å². The quantitative estimate of drug-likeness (QED) is 0.725. The minimum atomic E-state index is 0.0349. The minimum absolute atomic E-state index is 0.0349. The number of rotatable bonds is 3. The molecule has 0 aliphatic carbocycles. The van der Waals surface area contributed by atoms with E-state index in [1.54, 1.807) is 12.3 Å². The molecule has 0 saturated carbocycles. The van der Waals surface area contributed by atoms with Crippen LogP contribution in [0.2, 0.25) is 0 Å². The zero-order valence-corrected chi connectivity index (χ0v) is 14.8. The first-order chi connectivity index (χ1) is 12.7. The van der Waals surface area contributed by atoms with E-state index in [9.17, 15) is 4.79 Å². The Labute approximate surface area is 152 Å². The molecule has 3 aromatic rings. The largest absolute Gasteiger partial charge is 0.340 e. The molecule has 1 aliphatic heterocycles. The van der Waals surface area contributed by atoms with Gasteiger partial charge in [0.2, 0.25) is 5.95 Å². The summed E-state index contributed by atoms with van der Waals surface area (Å²) in [7, 11) is 0. The highest BCUT2D eigenvalue weighted by Gasteiger charge is 2.19. The van der Waals surface area contributed by atoms with Crippen LogP contribution >= 0.6 is 0 Å². The van der Waals surface area contributed by atoms with Gasteiger partial charge in [-0.05, 0) is 36.1 Å². The summed E-state index contributed by atoms with van der Waals surface area (Å²) in [5.74, 6) is 0.754. The van der Waals surface area contributed by atoms with Crippen LogP contribution in [-0.4, -0.2) is 32.6 Å². The summed E-state index contributed by atoms with van der Waals surface area (Å²) in [6.45, 7) is 4.18. The van der Waals surface area contributed by atoms with E-state index in [4.69, 9.17) is 0 Å².